The third kappa shape index (κ3) is 3.42. The van der Waals surface area contributed by atoms with Crippen LogP contribution in [-0.4, -0.2) is 17.0 Å². The fourth-order valence-electron chi connectivity index (χ4n) is 3.83. The van der Waals surface area contributed by atoms with Crippen molar-refractivity contribution >= 4 is 29.0 Å². The quantitative estimate of drug-likeness (QED) is 0.621. The van der Waals surface area contributed by atoms with Crippen molar-refractivity contribution in [2.75, 3.05) is 0 Å². The predicted octanol–water partition coefficient (Wildman–Crippen LogP) is 5.80. The lowest BCUT2D eigenvalue weighted by Crippen LogP contribution is -2.24. The van der Waals surface area contributed by atoms with Crippen molar-refractivity contribution in [3.63, 3.8) is 0 Å². The molecule has 0 aliphatic heterocycles. The summed E-state index contributed by atoms with van der Waals surface area (Å²) in [6, 6.07) is 5.39. The third-order valence-corrected chi connectivity index (χ3v) is 6.01. The molecule has 0 bridgehead atoms. The number of carbonyl (C=O) groups excluding carboxylic acids is 1. The number of ether oxygens (including phenoxy) is 1. The van der Waals surface area contributed by atoms with E-state index in [2.05, 4.69) is 5.16 Å². The maximum Gasteiger partial charge on any atom is 0.145 e. The molecule has 2 aromatic rings. The number of halogens is 2. The van der Waals surface area contributed by atoms with Gasteiger partial charge in [0.1, 0.15) is 17.2 Å². The Labute approximate surface area is 162 Å². The Morgan fingerprint density at radius 3 is 2.62 bits per heavy atom. The Balaban J connectivity index is 1.64. The van der Waals surface area contributed by atoms with Crippen LogP contribution in [0, 0.1) is 5.92 Å². The summed E-state index contributed by atoms with van der Waals surface area (Å²) < 4.78 is 11.8. The highest BCUT2D eigenvalue weighted by Crippen LogP contribution is 2.46. The minimum Gasteiger partial charge on any atom is -0.373 e. The molecule has 2 fully saturated rings. The second-order valence-corrected chi connectivity index (χ2v) is 8.06. The van der Waals surface area contributed by atoms with Crippen molar-refractivity contribution in [1.29, 1.82) is 0 Å². The standard InChI is InChI=1S/C20H21Cl2NO3/c1-11(24)13-4-2-7-17(13)25-10-14-19(23-26-20(14)12-8-9-12)18-15(21)5-3-6-16(18)22/h3,5-6,12-13,17H,2,4,7-10H2,1H3/t13-,17+/m0/s1. The van der Waals surface area contributed by atoms with Crippen LogP contribution in [0.1, 0.15) is 56.3 Å². The van der Waals surface area contributed by atoms with Crippen molar-refractivity contribution in [1.82, 2.24) is 5.16 Å². The van der Waals surface area contributed by atoms with Crippen molar-refractivity contribution in [3.05, 3.63) is 39.6 Å². The summed E-state index contributed by atoms with van der Waals surface area (Å²) in [7, 11) is 0. The number of Topliss-reactive ketones (excluding diaryl/α,β-unsaturated/α-hetero) is 1. The molecule has 0 amide bonds. The number of carbonyl (C=O) groups is 1. The maximum atomic E-state index is 11.8. The van der Waals surface area contributed by atoms with Crippen LogP contribution in [0.15, 0.2) is 22.7 Å². The Hall–Kier alpha value is -1.36. The Morgan fingerprint density at radius 2 is 1.96 bits per heavy atom. The first-order chi connectivity index (χ1) is 12.6. The Kier molecular flexibility index (Phi) is 5.09. The molecule has 0 N–H and O–H groups in total. The van der Waals surface area contributed by atoms with Gasteiger partial charge in [-0.2, -0.15) is 0 Å². The van der Waals surface area contributed by atoms with Crippen LogP contribution in [0.4, 0.5) is 0 Å². The van der Waals surface area contributed by atoms with Crippen molar-refractivity contribution in [2.45, 2.75) is 57.7 Å². The third-order valence-electron chi connectivity index (χ3n) is 5.38. The maximum absolute atomic E-state index is 11.8. The van der Waals surface area contributed by atoms with Crippen molar-refractivity contribution < 1.29 is 14.1 Å². The van der Waals surface area contributed by atoms with Gasteiger partial charge in [0.05, 0.1) is 22.8 Å². The predicted molar refractivity (Wildman–Crippen MR) is 101 cm³/mol. The number of hydrogen-bond donors (Lipinski definition) is 0. The summed E-state index contributed by atoms with van der Waals surface area (Å²) in [5.74, 6) is 1.46. The molecule has 4 rings (SSSR count). The second-order valence-electron chi connectivity index (χ2n) is 7.24. The van der Waals surface area contributed by atoms with E-state index < -0.39 is 0 Å². The van der Waals surface area contributed by atoms with Crippen molar-refractivity contribution in [2.24, 2.45) is 5.92 Å². The van der Waals surface area contributed by atoms with E-state index in [1.165, 1.54) is 0 Å². The van der Waals surface area contributed by atoms with Crippen LogP contribution in [0.2, 0.25) is 10.0 Å². The molecule has 2 aliphatic carbocycles. The van der Waals surface area contributed by atoms with Gasteiger partial charge >= 0.3 is 0 Å². The highest BCUT2D eigenvalue weighted by atomic mass is 35.5. The van der Waals surface area contributed by atoms with Gasteiger partial charge in [-0.3, -0.25) is 4.79 Å². The Bertz CT molecular complexity index is 808. The van der Waals surface area contributed by atoms with Gasteiger partial charge in [0.25, 0.3) is 0 Å². The highest BCUT2D eigenvalue weighted by Gasteiger charge is 2.35. The van der Waals surface area contributed by atoms with Crippen molar-refractivity contribution in [3.8, 4) is 11.3 Å². The lowest BCUT2D eigenvalue weighted by molar-refractivity contribution is -0.125. The molecule has 0 radical (unpaired) electrons. The molecule has 1 aromatic carbocycles. The van der Waals surface area contributed by atoms with E-state index >= 15 is 0 Å². The molecule has 0 spiro atoms. The summed E-state index contributed by atoms with van der Waals surface area (Å²) in [5.41, 5.74) is 2.25. The number of ketones is 1. The SMILES string of the molecule is CC(=O)[C@@H]1CCC[C@H]1OCc1c(-c2c(Cl)cccc2Cl)noc1C1CC1. The van der Waals surface area contributed by atoms with E-state index in [9.17, 15) is 4.79 Å². The first kappa shape index (κ1) is 18.0. The second kappa shape index (κ2) is 7.34. The van der Waals surface area contributed by atoms with Gasteiger partial charge in [0.2, 0.25) is 0 Å². The summed E-state index contributed by atoms with van der Waals surface area (Å²) in [5, 5.41) is 5.36. The van der Waals surface area contributed by atoms with E-state index in [0.29, 0.717) is 33.8 Å². The minimum atomic E-state index is -0.0379. The molecule has 2 atom stereocenters. The lowest BCUT2D eigenvalue weighted by Gasteiger charge is -2.18. The molecule has 6 heteroatoms. The van der Waals surface area contributed by atoms with Gasteiger partial charge in [-0.1, -0.05) is 40.8 Å². The normalized spacial score (nSPS) is 22.7. The molecule has 4 nitrogen and oxygen atoms in total. The molecule has 2 saturated carbocycles. The van der Waals surface area contributed by atoms with E-state index in [4.69, 9.17) is 32.5 Å². The van der Waals surface area contributed by atoms with Crippen LogP contribution < -0.4 is 0 Å². The largest absolute Gasteiger partial charge is 0.373 e. The van der Waals surface area contributed by atoms with Gasteiger partial charge in [0.15, 0.2) is 0 Å². The molecule has 0 unspecified atom stereocenters. The van der Waals surface area contributed by atoms with E-state index in [1.54, 1.807) is 19.1 Å². The van der Waals surface area contributed by atoms with Crippen LogP contribution in [0.25, 0.3) is 11.3 Å². The summed E-state index contributed by atoms with van der Waals surface area (Å²) in [6.07, 6.45) is 4.99. The van der Waals surface area contributed by atoms with Gasteiger partial charge in [-0.15, -0.1) is 0 Å². The van der Waals surface area contributed by atoms with E-state index in [0.717, 1.165) is 43.4 Å². The van der Waals surface area contributed by atoms with Crippen LogP contribution in [0.5, 0.6) is 0 Å². The number of benzene rings is 1. The van der Waals surface area contributed by atoms with Crippen LogP contribution in [-0.2, 0) is 16.1 Å². The molecule has 138 valence electrons. The molecule has 1 aromatic heterocycles. The zero-order valence-electron chi connectivity index (χ0n) is 14.6. The molecular weight excluding hydrogens is 373 g/mol. The average Bonchev–Trinajstić information content (AvgIpc) is 3.18. The van der Waals surface area contributed by atoms with Crippen LogP contribution >= 0.6 is 23.2 Å². The fourth-order valence-corrected chi connectivity index (χ4v) is 4.41. The topological polar surface area (TPSA) is 52.3 Å². The zero-order valence-corrected chi connectivity index (χ0v) is 16.1. The number of nitrogens with zero attached hydrogens (tertiary/aromatic N) is 1. The molecular formula is C20H21Cl2NO3. The van der Waals surface area contributed by atoms with Gasteiger partial charge in [-0.25, -0.2) is 0 Å². The molecule has 1 heterocycles. The minimum absolute atomic E-state index is 0.00779. The number of hydrogen-bond acceptors (Lipinski definition) is 4. The molecule has 0 saturated heterocycles. The monoisotopic (exact) mass is 393 g/mol. The smallest absolute Gasteiger partial charge is 0.145 e. The van der Waals surface area contributed by atoms with E-state index in [1.807, 2.05) is 6.07 Å². The lowest BCUT2D eigenvalue weighted by atomic mass is 10.0. The molecule has 26 heavy (non-hydrogen) atoms. The highest BCUT2D eigenvalue weighted by molar-refractivity contribution is 6.39. The zero-order chi connectivity index (χ0) is 18.3. The number of aromatic nitrogens is 1. The molecule has 2 aliphatic rings. The fraction of sp³-hybridized carbons (Fsp3) is 0.500. The van der Waals surface area contributed by atoms with Gasteiger partial charge in [0, 0.05) is 23.0 Å². The first-order valence-electron chi connectivity index (χ1n) is 9.11. The van der Waals surface area contributed by atoms with Crippen LogP contribution in [0.3, 0.4) is 0 Å². The summed E-state index contributed by atoms with van der Waals surface area (Å²) >= 11 is 12.8. The van der Waals surface area contributed by atoms with E-state index in [-0.39, 0.29) is 17.8 Å². The number of rotatable bonds is 6. The Morgan fingerprint density at radius 1 is 1.23 bits per heavy atom. The first-order valence-corrected chi connectivity index (χ1v) is 9.86. The summed E-state index contributed by atoms with van der Waals surface area (Å²) in [6.45, 7) is 2.01. The van der Waals surface area contributed by atoms with Gasteiger partial charge in [-0.05, 0) is 44.7 Å². The summed E-state index contributed by atoms with van der Waals surface area (Å²) in [4.78, 5) is 11.8. The average molecular weight is 394 g/mol. The van der Waals surface area contributed by atoms with Gasteiger partial charge < -0.3 is 9.26 Å².